The van der Waals surface area contributed by atoms with Crippen LogP contribution < -0.4 is 0 Å². The summed E-state index contributed by atoms with van der Waals surface area (Å²) in [6.07, 6.45) is 5.36. The first-order chi connectivity index (χ1) is 17.8. The number of hydrogen-bond donors (Lipinski definition) is 2. The maximum absolute atomic E-state index is 9.29. The molecule has 2 N–H and O–H groups in total. The smallest absolute Gasteiger partial charge is 0.159 e. The van der Waals surface area contributed by atoms with Crippen molar-refractivity contribution in [1.82, 2.24) is 24.7 Å². The van der Waals surface area contributed by atoms with Crippen molar-refractivity contribution in [2.24, 2.45) is 0 Å². The molecule has 0 unspecified atom stereocenters. The first kappa shape index (κ1) is 25.3. The van der Waals surface area contributed by atoms with E-state index < -0.39 is 8.07 Å². The third kappa shape index (κ3) is 5.51. The van der Waals surface area contributed by atoms with Gasteiger partial charge in [-0.2, -0.15) is 5.10 Å². The van der Waals surface area contributed by atoms with Gasteiger partial charge >= 0.3 is 0 Å². The Kier molecular flexibility index (Phi) is 7.23. The predicted molar refractivity (Wildman–Crippen MR) is 152 cm³/mol. The molecule has 0 spiro atoms. The standard InChI is InChI=1S/C29H35N5O2Si/c1-20-22(8-7-13-35)17-30-18-24(20)21-11-12-27-23(16-21)28(29-31-25-9-5-6-10-26(25)32-29)33-34(27)19-36-14-15-37(2,3)4/h5-6,9-12,16-18,35H,7-8,13-15,19H2,1-4H3,(H,31,32). The fourth-order valence-electron chi connectivity index (χ4n) is 4.60. The summed E-state index contributed by atoms with van der Waals surface area (Å²) in [5, 5.41) is 15.3. The van der Waals surface area contributed by atoms with Crippen molar-refractivity contribution in [2.75, 3.05) is 13.2 Å². The first-order valence-corrected chi connectivity index (χ1v) is 16.6. The number of para-hydroxylation sites is 2. The zero-order chi connectivity index (χ0) is 26.0. The van der Waals surface area contributed by atoms with Gasteiger partial charge in [0.1, 0.15) is 12.4 Å². The number of nitrogens with one attached hydrogen (secondary N) is 1. The van der Waals surface area contributed by atoms with Crippen molar-refractivity contribution < 1.29 is 9.84 Å². The molecule has 0 atom stereocenters. The molecule has 0 saturated carbocycles. The quantitative estimate of drug-likeness (QED) is 0.172. The molecular weight excluding hydrogens is 478 g/mol. The van der Waals surface area contributed by atoms with Crippen molar-refractivity contribution in [1.29, 1.82) is 0 Å². The Morgan fingerprint density at radius 1 is 1.08 bits per heavy atom. The maximum atomic E-state index is 9.29. The summed E-state index contributed by atoms with van der Waals surface area (Å²) in [4.78, 5) is 12.8. The van der Waals surface area contributed by atoms with E-state index in [0.717, 1.165) is 75.6 Å². The molecule has 8 heteroatoms. The molecule has 0 amide bonds. The second-order valence-corrected chi connectivity index (χ2v) is 16.5. The van der Waals surface area contributed by atoms with Crippen molar-refractivity contribution in [3.8, 4) is 22.6 Å². The molecule has 192 valence electrons. The molecule has 2 aromatic carbocycles. The highest BCUT2D eigenvalue weighted by atomic mass is 28.3. The topological polar surface area (TPSA) is 88.9 Å². The minimum Gasteiger partial charge on any atom is -0.396 e. The van der Waals surface area contributed by atoms with Crippen LogP contribution in [-0.2, 0) is 17.9 Å². The highest BCUT2D eigenvalue weighted by Gasteiger charge is 2.18. The minimum absolute atomic E-state index is 0.176. The number of aromatic amines is 1. The average molecular weight is 514 g/mol. The molecule has 0 saturated heterocycles. The van der Waals surface area contributed by atoms with E-state index in [0.29, 0.717) is 6.73 Å². The summed E-state index contributed by atoms with van der Waals surface area (Å²) >= 11 is 0. The first-order valence-electron chi connectivity index (χ1n) is 12.9. The Bertz CT molecular complexity index is 1500. The summed E-state index contributed by atoms with van der Waals surface area (Å²) in [6.45, 7) is 10.5. The Balaban J connectivity index is 1.57. The van der Waals surface area contributed by atoms with Crippen LogP contribution in [0, 0.1) is 6.92 Å². The monoisotopic (exact) mass is 513 g/mol. The molecule has 7 nitrogen and oxygen atoms in total. The molecule has 3 heterocycles. The number of rotatable bonds is 10. The summed E-state index contributed by atoms with van der Waals surface area (Å²) in [7, 11) is -1.17. The summed E-state index contributed by atoms with van der Waals surface area (Å²) in [5.41, 5.74) is 8.25. The molecule has 0 bridgehead atoms. The number of aliphatic hydroxyl groups excluding tert-OH is 1. The van der Waals surface area contributed by atoms with Crippen LogP contribution in [0.5, 0.6) is 0 Å². The van der Waals surface area contributed by atoms with E-state index in [1.807, 2.05) is 41.3 Å². The van der Waals surface area contributed by atoms with Gasteiger partial charge in [-0.05, 0) is 66.8 Å². The van der Waals surface area contributed by atoms with E-state index >= 15 is 0 Å². The maximum Gasteiger partial charge on any atom is 0.159 e. The van der Waals surface area contributed by atoms with E-state index in [1.54, 1.807) is 0 Å². The van der Waals surface area contributed by atoms with Crippen molar-refractivity contribution in [2.45, 2.75) is 52.2 Å². The van der Waals surface area contributed by atoms with Crippen LogP contribution in [-0.4, -0.2) is 51.1 Å². The lowest BCUT2D eigenvalue weighted by Gasteiger charge is -2.15. The number of aliphatic hydroxyl groups is 1. The van der Waals surface area contributed by atoms with Crippen LogP contribution >= 0.6 is 0 Å². The average Bonchev–Trinajstić information content (AvgIpc) is 3.46. The van der Waals surface area contributed by atoms with Gasteiger partial charge in [0, 0.05) is 44.6 Å². The Morgan fingerprint density at radius 3 is 2.70 bits per heavy atom. The number of hydrogen-bond acceptors (Lipinski definition) is 5. The number of imidazole rings is 1. The highest BCUT2D eigenvalue weighted by molar-refractivity contribution is 6.76. The third-order valence-corrected chi connectivity index (χ3v) is 8.51. The molecule has 0 aliphatic heterocycles. The minimum atomic E-state index is -1.17. The van der Waals surface area contributed by atoms with E-state index in [-0.39, 0.29) is 6.61 Å². The number of ether oxygens (including phenoxy) is 1. The van der Waals surface area contributed by atoms with E-state index in [4.69, 9.17) is 14.8 Å². The molecule has 0 radical (unpaired) electrons. The molecule has 5 aromatic rings. The van der Waals surface area contributed by atoms with Crippen molar-refractivity contribution >= 4 is 30.0 Å². The summed E-state index contributed by atoms with van der Waals surface area (Å²) in [6, 6.07) is 15.6. The summed E-state index contributed by atoms with van der Waals surface area (Å²) < 4.78 is 8.01. The number of aryl methyl sites for hydroxylation is 1. The van der Waals surface area contributed by atoms with Gasteiger partial charge in [0.25, 0.3) is 0 Å². The van der Waals surface area contributed by atoms with Crippen molar-refractivity contribution in [3.63, 3.8) is 0 Å². The van der Waals surface area contributed by atoms with E-state index in [2.05, 4.69) is 54.7 Å². The van der Waals surface area contributed by atoms with Crippen LogP contribution in [0.3, 0.4) is 0 Å². The van der Waals surface area contributed by atoms with Crippen LogP contribution in [0.15, 0.2) is 54.9 Å². The van der Waals surface area contributed by atoms with Crippen LogP contribution in [0.2, 0.25) is 25.7 Å². The number of aromatic nitrogens is 5. The lowest BCUT2D eigenvalue weighted by Crippen LogP contribution is -2.22. The predicted octanol–water partition coefficient (Wildman–Crippen LogP) is 6.19. The van der Waals surface area contributed by atoms with Crippen LogP contribution in [0.4, 0.5) is 0 Å². The second-order valence-electron chi connectivity index (χ2n) is 10.8. The van der Waals surface area contributed by atoms with E-state index in [1.165, 1.54) is 5.56 Å². The van der Waals surface area contributed by atoms with Gasteiger partial charge in [-0.15, -0.1) is 0 Å². The van der Waals surface area contributed by atoms with Gasteiger partial charge in [0.15, 0.2) is 5.82 Å². The molecule has 5 rings (SSSR count). The molecule has 0 aliphatic carbocycles. The lowest BCUT2D eigenvalue weighted by molar-refractivity contribution is 0.0818. The number of benzene rings is 2. The number of pyridine rings is 1. The van der Waals surface area contributed by atoms with Crippen molar-refractivity contribution in [3.05, 3.63) is 66.0 Å². The highest BCUT2D eigenvalue weighted by Crippen LogP contribution is 2.33. The van der Waals surface area contributed by atoms with Gasteiger partial charge in [-0.1, -0.05) is 37.8 Å². The van der Waals surface area contributed by atoms with E-state index in [9.17, 15) is 5.11 Å². The zero-order valence-corrected chi connectivity index (χ0v) is 23.1. The number of H-pyrrole nitrogens is 1. The lowest BCUT2D eigenvalue weighted by atomic mass is 9.96. The zero-order valence-electron chi connectivity index (χ0n) is 22.1. The van der Waals surface area contributed by atoms with Gasteiger partial charge < -0.3 is 14.8 Å². The molecule has 3 aromatic heterocycles. The number of fused-ring (bicyclic) bond motifs is 2. The largest absolute Gasteiger partial charge is 0.396 e. The fraction of sp³-hybridized carbons (Fsp3) is 0.345. The molecular formula is C29H35N5O2Si. The van der Waals surface area contributed by atoms with Crippen LogP contribution in [0.1, 0.15) is 17.5 Å². The van der Waals surface area contributed by atoms with Gasteiger partial charge in [-0.3, -0.25) is 4.98 Å². The molecule has 0 aliphatic rings. The molecule has 0 fully saturated rings. The van der Waals surface area contributed by atoms with Gasteiger partial charge in [0.05, 0.1) is 16.6 Å². The van der Waals surface area contributed by atoms with Gasteiger partial charge in [-0.25, -0.2) is 9.67 Å². The Labute approximate surface area is 218 Å². The SMILES string of the molecule is Cc1c(CCCO)cncc1-c1ccc2c(c1)c(-c1nc3ccccc3[nH]1)nn2COCC[Si](C)(C)C. The normalized spacial score (nSPS) is 12.1. The van der Waals surface area contributed by atoms with Gasteiger partial charge in [0.2, 0.25) is 0 Å². The van der Waals surface area contributed by atoms with Crippen LogP contribution in [0.25, 0.3) is 44.6 Å². The third-order valence-electron chi connectivity index (χ3n) is 6.81. The number of nitrogens with zero attached hydrogens (tertiary/aromatic N) is 4. The second kappa shape index (κ2) is 10.6. The Hall–Kier alpha value is -3.33. The fourth-order valence-corrected chi connectivity index (χ4v) is 5.35. The molecule has 37 heavy (non-hydrogen) atoms. The summed E-state index contributed by atoms with van der Waals surface area (Å²) in [5.74, 6) is 0.746. The Morgan fingerprint density at radius 2 is 1.92 bits per heavy atom.